The maximum Gasteiger partial charge on any atom is 0.229 e. The van der Waals surface area contributed by atoms with E-state index in [1.165, 1.54) is 0 Å². The summed E-state index contributed by atoms with van der Waals surface area (Å²) < 4.78 is 5.14. The van der Waals surface area contributed by atoms with Crippen LogP contribution in [0.15, 0.2) is 60.7 Å². The third-order valence-electron chi connectivity index (χ3n) is 3.65. The largest absolute Gasteiger partial charge is 0.497 e. The van der Waals surface area contributed by atoms with Crippen LogP contribution >= 0.6 is 0 Å². The molecule has 1 heterocycles. The van der Waals surface area contributed by atoms with E-state index in [9.17, 15) is 4.79 Å². The van der Waals surface area contributed by atoms with Crippen molar-refractivity contribution < 1.29 is 9.53 Å². The van der Waals surface area contributed by atoms with Crippen LogP contribution in [0.25, 0.3) is 6.08 Å². The molecule has 3 rings (SSSR count). The number of nitrogens with zero attached hydrogens (tertiary/aromatic N) is 1. The minimum atomic E-state index is 0.131. The SMILES string of the molecule is COc1ccc(N2C(=O)C[C@@H]2/C=C/c2ccccc2)cc1. The Kier molecular flexibility index (Phi) is 3.73. The van der Waals surface area contributed by atoms with Crippen molar-refractivity contribution in [2.45, 2.75) is 12.5 Å². The summed E-state index contributed by atoms with van der Waals surface area (Å²) in [6.07, 6.45) is 4.71. The van der Waals surface area contributed by atoms with E-state index < -0.39 is 0 Å². The highest BCUT2D eigenvalue weighted by Gasteiger charge is 2.35. The molecule has 21 heavy (non-hydrogen) atoms. The Morgan fingerprint density at radius 1 is 1.10 bits per heavy atom. The minimum Gasteiger partial charge on any atom is -0.497 e. The molecule has 1 atom stereocenters. The maximum atomic E-state index is 11.9. The summed E-state index contributed by atoms with van der Waals surface area (Å²) in [4.78, 5) is 13.7. The molecule has 0 aliphatic carbocycles. The van der Waals surface area contributed by atoms with Crippen molar-refractivity contribution in [1.82, 2.24) is 0 Å². The monoisotopic (exact) mass is 279 g/mol. The topological polar surface area (TPSA) is 29.5 Å². The Hall–Kier alpha value is -2.55. The van der Waals surface area contributed by atoms with Crippen molar-refractivity contribution in [3.05, 3.63) is 66.2 Å². The first-order valence-electron chi connectivity index (χ1n) is 6.97. The molecular formula is C18H17NO2. The summed E-state index contributed by atoms with van der Waals surface area (Å²) >= 11 is 0. The van der Waals surface area contributed by atoms with Gasteiger partial charge in [0.05, 0.1) is 19.6 Å². The zero-order chi connectivity index (χ0) is 14.7. The Morgan fingerprint density at radius 3 is 2.43 bits per heavy atom. The van der Waals surface area contributed by atoms with Crippen LogP contribution in [0.3, 0.4) is 0 Å². The van der Waals surface area contributed by atoms with Gasteiger partial charge in [-0.1, -0.05) is 42.5 Å². The van der Waals surface area contributed by atoms with E-state index in [4.69, 9.17) is 4.74 Å². The van der Waals surface area contributed by atoms with E-state index in [-0.39, 0.29) is 11.9 Å². The van der Waals surface area contributed by atoms with Crippen molar-refractivity contribution in [2.75, 3.05) is 12.0 Å². The third-order valence-corrected chi connectivity index (χ3v) is 3.65. The van der Waals surface area contributed by atoms with E-state index in [1.54, 1.807) is 7.11 Å². The first-order valence-corrected chi connectivity index (χ1v) is 6.97. The quantitative estimate of drug-likeness (QED) is 0.801. The Morgan fingerprint density at radius 2 is 1.81 bits per heavy atom. The summed E-state index contributed by atoms with van der Waals surface area (Å²) in [7, 11) is 1.63. The molecule has 0 bridgehead atoms. The number of rotatable bonds is 4. The number of benzene rings is 2. The fraction of sp³-hybridized carbons (Fsp3) is 0.167. The number of β-lactam (4-membered cyclic amide) rings is 1. The molecule has 1 aliphatic rings. The predicted octanol–water partition coefficient (Wildman–Crippen LogP) is 3.51. The van der Waals surface area contributed by atoms with Crippen LogP contribution in [-0.4, -0.2) is 19.1 Å². The lowest BCUT2D eigenvalue weighted by Gasteiger charge is -2.38. The molecule has 1 amide bonds. The zero-order valence-electron chi connectivity index (χ0n) is 11.9. The lowest BCUT2D eigenvalue weighted by molar-refractivity contribution is -0.123. The number of ether oxygens (including phenoxy) is 1. The van der Waals surface area contributed by atoms with Gasteiger partial charge in [-0.05, 0) is 29.8 Å². The van der Waals surface area contributed by atoms with E-state index in [0.717, 1.165) is 17.0 Å². The molecule has 1 aliphatic heterocycles. The summed E-state index contributed by atoms with van der Waals surface area (Å²) in [5.74, 6) is 0.950. The summed E-state index contributed by atoms with van der Waals surface area (Å²) in [5.41, 5.74) is 2.06. The highest BCUT2D eigenvalue weighted by molar-refractivity contribution is 6.01. The summed E-state index contributed by atoms with van der Waals surface area (Å²) in [6, 6.07) is 17.8. The average molecular weight is 279 g/mol. The Balaban J connectivity index is 1.75. The number of hydrogen-bond donors (Lipinski definition) is 0. The van der Waals surface area contributed by atoms with Crippen LogP contribution in [0.4, 0.5) is 5.69 Å². The fourth-order valence-electron chi connectivity index (χ4n) is 2.46. The van der Waals surface area contributed by atoms with Crippen LogP contribution in [0.5, 0.6) is 5.75 Å². The molecule has 0 spiro atoms. The first-order chi connectivity index (χ1) is 10.3. The second kappa shape index (κ2) is 5.83. The van der Waals surface area contributed by atoms with E-state index >= 15 is 0 Å². The second-order valence-electron chi connectivity index (χ2n) is 5.00. The van der Waals surface area contributed by atoms with Crippen molar-refractivity contribution in [1.29, 1.82) is 0 Å². The predicted molar refractivity (Wildman–Crippen MR) is 84.4 cm³/mol. The number of carbonyl (C=O) groups is 1. The normalized spacial score (nSPS) is 17.9. The van der Waals surface area contributed by atoms with Crippen molar-refractivity contribution in [3.8, 4) is 5.75 Å². The minimum absolute atomic E-state index is 0.131. The maximum absolute atomic E-state index is 11.9. The van der Waals surface area contributed by atoms with Crippen LogP contribution in [0.1, 0.15) is 12.0 Å². The molecule has 2 aromatic carbocycles. The standard InChI is InChI=1S/C18H17NO2/c1-21-17-11-9-15(10-12-17)19-16(13-18(19)20)8-7-14-5-3-2-4-6-14/h2-12,16H,13H2,1H3/b8-7+/t16-/m0/s1. The molecule has 0 radical (unpaired) electrons. The van der Waals surface area contributed by atoms with E-state index in [0.29, 0.717) is 6.42 Å². The molecule has 3 heteroatoms. The first kappa shape index (κ1) is 13.4. The van der Waals surface area contributed by atoms with Gasteiger partial charge in [-0.2, -0.15) is 0 Å². The highest BCUT2D eigenvalue weighted by atomic mass is 16.5. The molecule has 1 saturated heterocycles. The molecule has 0 unspecified atom stereocenters. The van der Waals surface area contributed by atoms with Gasteiger partial charge in [0, 0.05) is 5.69 Å². The van der Waals surface area contributed by atoms with Crippen molar-refractivity contribution in [2.24, 2.45) is 0 Å². The molecule has 106 valence electrons. The van der Waals surface area contributed by atoms with Gasteiger partial charge in [0.15, 0.2) is 0 Å². The zero-order valence-corrected chi connectivity index (χ0v) is 11.9. The Bertz CT molecular complexity index is 647. The lowest BCUT2D eigenvalue weighted by atomic mass is 9.99. The molecule has 2 aromatic rings. The van der Waals surface area contributed by atoms with Crippen LogP contribution in [0.2, 0.25) is 0 Å². The van der Waals surface area contributed by atoms with Crippen molar-refractivity contribution in [3.63, 3.8) is 0 Å². The molecular weight excluding hydrogens is 262 g/mol. The van der Waals surface area contributed by atoms with Crippen LogP contribution < -0.4 is 9.64 Å². The van der Waals surface area contributed by atoms with Gasteiger partial charge in [0.2, 0.25) is 5.91 Å². The van der Waals surface area contributed by atoms with Crippen LogP contribution in [0, 0.1) is 0 Å². The average Bonchev–Trinajstić information content (AvgIpc) is 2.53. The lowest BCUT2D eigenvalue weighted by Crippen LogP contribution is -2.51. The second-order valence-corrected chi connectivity index (χ2v) is 5.00. The number of carbonyl (C=O) groups excluding carboxylic acids is 1. The summed E-state index contributed by atoms with van der Waals surface area (Å²) in [6.45, 7) is 0. The molecule has 0 saturated carbocycles. The number of anilines is 1. The number of hydrogen-bond acceptors (Lipinski definition) is 2. The van der Waals surface area contributed by atoms with Gasteiger partial charge in [0.25, 0.3) is 0 Å². The fourth-order valence-corrected chi connectivity index (χ4v) is 2.46. The van der Waals surface area contributed by atoms with Gasteiger partial charge < -0.3 is 9.64 Å². The van der Waals surface area contributed by atoms with Gasteiger partial charge in [0.1, 0.15) is 5.75 Å². The van der Waals surface area contributed by atoms with E-state index in [1.807, 2.05) is 47.4 Å². The van der Waals surface area contributed by atoms with Crippen molar-refractivity contribution >= 4 is 17.7 Å². The van der Waals surface area contributed by atoms with Gasteiger partial charge >= 0.3 is 0 Å². The summed E-state index contributed by atoms with van der Waals surface area (Å²) in [5, 5.41) is 0. The van der Waals surface area contributed by atoms with Crippen LogP contribution in [-0.2, 0) is 4.79 Å². The Labute approximate surface area is 124 Å². The molecule has 1 fully saturated rings. The molecule has 0 N–H and O–H groups in total. The third kappa shape index (κ3) is 2.82. The van der Waals surface area contributed by atoms with Gasteiger partial charge in [-0.15, -0.1) is 0 Å². The smallest absolute Gasteiger partial charge is 0.229 e. The molecule has 3 nitrogen and oxygen atoms in total. The van der Waals surface area contributed by atoms with Gasteiger partial charge in [-0.3, -0.25) is 4.79 Å². The van der Waals surface area contributed by atoms with E-state index in [2.05, 4.69) is 24.3 Å². The molecule has 0 aromatic heterocycles. The van der Waals surface area contributed by atoms with Gasteiger partial charge in [-0.25, -0.2) is 0 Å². The number of methoxy groups -OCH3 is 1. The highest BCUT2D eigenvalue weighted by Crippen LogP contribution is 2.30. The number of amides is 1.